The molecule has 11 nitrogen and oxygen atoms in total. The summed E-state index contributed by atoms with van der Waals surface area (Å²) in [5.41, 5.74) is 1.43. The van der Waals surface area contributed by atoms with Crippen molar-refractivity contribution in [1.82, 2.24) is 5.32 Å². The fraction of sp³-hybridized carbons (Fsp3) is 0.250. The third-order valence-corrected chi connectivity index (χ3v) is 5.65. The summed E-state index contributed by atoms with van der Waals surface area (Å²) in [4.78, 5) is 29.4. The lowest BCUT2D eigenvalue weighted by molar-refractivity contribution is -0.422. The highest BCUT2D eigenvalue weighted by molar-refractivity contribution is 5.94. The van der Waals surface area contributed by atoms with Crippen LogP contribution in [0.2, 0.25) is 0 Å². The number of hydrogen-bond donors (Lipinski definition) is 2. The van der Waals surface area contributed by atoms with Crippen LogP contribution < -0.4 is 5.32 Å². The minimum Gasteiger partial charge on any atom is -0.477 e. The van der Waals surface area contributed by atoms with E-state index in [1.807, 2.05) is 18.4 Å². The quantitative estimate of drug-likeness (QED) is 0.381. The molecular formula is C24H22N4O7. The van der Waals surface area contributed by atoms with Crippen molar-refractivity contribution in [3.8, 4) is 6.07 Å². The Morgan fingerprint density at radius 3 is 2.57 bits per heavy atom. The fourth-order valence-corrected chi connectivity index (χ4v) is 3.81. The number of nitro groups is 2. The van der Waals surface area contributed by atoms with Crippen molar-refractivity contribution in [2.24, 2.45) is 5.92 Å². The lowest BCUT2D eigenvalue weighted by Crippen LogP contribution is -2.36. The van der Waals surface area contributed by atoms with E-state index in [4.69, 9.17) is 14.8 Å². The second kappa shape index (κ2) is 10.6. The Hall–Kier alpha value is -4.56. The molecule has 0 spiro atoms. The van der Waals surface area contributed by atoms with Crippen LogP contribution in [0, 0.1) is 37.5 Å². The van der Waals surface area contributed by atoms with Gasteiger partial charge in [-0.05, 0) is 42.2 Å². The number of para-hydroxylation sites is 1. The number of hydrogen-bond acceptors (Lipinski definition) is 8. The van der Waals surface area contributed by atoms with Crippen LogP contribution in [0.15, 0.2) is 53.2 Å². The predicted octanol–water partition coefficient (Wildman–Crippen LogP) is 4.91. The van der Waals surface area contributed by atoms with Gasteiger partial charge in [0.15, 0.2) is 0 Å². The number of fused-ring (bicyclic) bond motifs is 1. The van der Waals surface area contributed by atoms with Crippen LogP contribution in [0.1, 0.15) is 41.8 Å². The minimum atomic E-state index is -1.58. The van der Waals surface area contributed by atoms with Crippen molar-refractivity contribution in [3.63, 3.8) is 0 Å². The molecule has 2 aromatic carbocycles. The highest BCUT2D eigenvalue weighted by atomic mass is 16.6. The van der Waals surface area contributed by atoms with Crippen LogP contribution >= 0.6 is 0 Å². The van der Waals surface area contributed by atoms with E-state index in [-0.39, 0.29) is 0 Å². The largest absolute Gasteiger partial charge is 0.477 e. The van der Waals surface area contributed by atoms with E-state index in [0.29, 0.717) is 17.5 Å². The summed E-state index contributed by atoms with van der Waals surface area (Å²) in [6.45, 7) is 5.37. The molecule has 1 unspecified atom stereocenters. The maximum Gasteiger partial charge on any atom is 0.360 e. The summed E-state index contributed by atoms with van der Waals surface area (Å²) in [5, 5.41) is 43.1. The second-order valence-corrected chi connectivity index (χ2v) is 8.16. The van der Waals surface area contributed by atoms with E-state index >= 15 is 0 Å². The van der Waals surface area contributed by atoms with Crippen molar-refractivity contribution in [2.45, 2.75) is 26.3 Å². The number of carboxylic acids is 1. The number of furan rings is 1. The minimum absolute atomic E-state index is 0.499. The van der Waals surface area contributed by atoms with Gasteiger partial charge in [0, 0.05) is 29.6 Å². The van der Waals surface area contributed by atoms with Gasteiger partial charge in [-0.15, -0.1) is 0 Å². The van der Waals surface area contributed by atoms with Gasteiger partial charge in [-0.2, -0.15) is 5.26 Å². The number of benzene rings is 2. The maximum atomic E-state index is 10.6. The molecule has 11 heteroatoms. The average molecular weight is 478 g/mol. The number of nitro benzene ring substituents is 2. The van der Waals surface area contributed by atoms with E-state index in [1.54, 1.807) is 6.07 Å². The van der Waals surface area contributed by atoms with Gasteiger partial charge in [0.1, 0.15) is 11.1 Å². The van der Waals surface area contributed by atoms with Crippen LogP contribution in [0.25, 0.3) is 16.5 Å². The molecule has 1 aromatic heterocycles. The normalized spacial score (nSPS) is 15.0. The molecule has 2 N–H and O–H groups in total. The van der Waals surface area contributed by atoms with E-state index in [9.17, 15) is 25.0 Å². The lowest BCUT2D eigenvalue weighted by atomic mass is 9.89. The topological polar surface area (TPSA) is 173 Å². The van der Waals surface area contributed by atoms with Gasteiger partial charge in [-0.3, -0.25) is 20.2 Å². The van der Waals surface area contributed by atoms with Gasteiger partial charge in [-0.1, -0.05) is 26.0 Å². The zero-order chi connectivity index (χ0) is 25.7. The Morgan fingerprint density at radius 2 is 1.97 bits per heavy atom. The number of nitrogens with zero attached hydrogens (tertiary/aromatic N) is 3. The summed E-state index contributed by atoms with van der Waals surface area (Å²) >= 11 is 0. The summed E-state index contributed by atoms with van der Waals surface area (Å²) in [5.74, 6) is -0.975. The van der Waals surface area contributed by atoms with Gasteiger partial charge >= 0.3 is 17.3 Å². The zero-order valence-electron chi connectivity index (χ0n) is 18.9. The first kappa shape index (κ1) is 25.1. The maximum absolute atomic E-state index is 10.6. The van der Waals surface area contributed by atoms with Crippen LogP contribution in [-0.2, 0) is 0 Å². The lowest BCUT2D eigenvalue weighted by Gasteiger charge is -2.27. The summed E-state index contributed by atoms with van der Waals surface area (Å²) < 4.78 is 5.63. The van der Waals surface area contributed by atoms with Crippen LogP contribution in [-0.4, -0.2) is 33.5 Å². The molecule has 0 aliphatic carbocycles. The number of carboxylic acid groups (broad SMARTS) is 1. The molecule has 35 heavy (non-hydrogen) atoms. The van der Waals surface area contributed by atoms with E-state index < -0.39 is 32.8 Å². The number of nitrogens with one attached hydrogen (secondary N) is 1. The number of nitriles is 1. The van der Waals surface area contributed by atoms with Crippen molar-refractivity contribution in [1.29, 1.82) is 5.26 Å². The van der Waals surface area contributed by atoms with Gasteiger partial charge in [-0.25, -0.2) is 4.79 Å². The summed E-state index contributed by atoms with van der Waals surface area (Å²) in [7, 11) is 0. The van der Waals surface area contributed by atoms with Gasteiger partial charge in [0.25, 0.3) is 0 Å². The Balaban J connectivity index is 0.000000205. The summed E-state index contributed by atoms with van der Waals surface area (Å²) in [6.07, 6.45) is 5.05. The van der Waals surface area contributed by atoms with Crippen molar-refractivity contribution >= 4 is 33.9 Å². The molecule has 1 atom stereocenters. The third-order valence-electron chi connectivity index (χ3n) is 5.65. The van der Waals surface area contributed by atoms with Crippen molar-refractivity contribution < 1.29 is 24.2 Å². The average Bonchev–Trinajstić information content (AvgIpc) is 3.27. The Bertz CT molecular complexity index is 1340. The van der Waals surface area contributed by atoms with Gasteiger partial charge < -0.3 is 14.8 Å². The molecule has 4 rings (SSSR count). The van der Waals surface area contributed by atoms with Crippen LogP contribution in [0.5, 0.6) is 0 Å². The first-order chi connectivity index (χ1) is 16.6. The highest BCUT2D eigenvalue weighted by Crippen LogP contribution is 2.33. The van der Waals surface area contributed by atoms with E-state index in [1.165, 1.54) is 5.57 Å². The molecule has 3 aromatic rings. The molecule has 0 radical (unpaired) electrons. The molecule has 1 aliphatic heterocycles. The zero-order valence-corrected chi connectivity index (χ0v) is 18.9. The Kier molecular flexibility index (Phi) is 7.58. The van der Waals surface area contributed by atoms with Crippen molar-refractivity contribution in [3.05, 3.63) is 85.7 Å². The monoisotopic (exact) mass is 478 g/mol. The predicted molar refractivity (Wildman–Crippen MR) is 127 cm³/mol. The fourth-order valence-electron chi connectivity index (χ4n) is 3.81. The van der Waals surface area contributed by atoms with Gasteiger partial charge in [0.05, 0.1) is 27.7 Å². The first-order valence-electron chi connectivity index (χ1n) is 10.6. The number of rotatable bonds is 5. The van der Waals surface area contributed by atoms with E-state index in [0.717, 1.165) is 47.7 Å². The van der Waals surface area contributed by atoms with Crippen LogP contribution in [0.4, 0.5) is 11.4 Å². The molecule has 0 saturated heterocycles. The third kappa shape index (κ3) is 5.51. The smallest absolute Gasteiger partial charge is 0.360 e. The molecule has 0 fully saturated rings. The number of carbonyl (C=O) groups is 1. The second-order valence-electron chi connectivity index (χ2n) is 8.16. The molecule has 1 aliphatic rings. The Labute approximate surface area is 199 Å². The van der Waals surface area contributed by atoms with Gasteiger partial charge in [0.2, 0.25) is 0 Å². The van der Waals surface area contributed by atoms with E-state index in [2.05, 4.69) is 31.3 Å². The van der Waals surface area contributed by atoms with Crippen molar-refractivity contribution in [2.75, 3.05) is 6.54 Å². The number of aromatic carboxylic acids is 1. The Morgan fingerprint density at radius 1 is 1.23 bits per heavy atom. The standard InChI is InChI=1S/C17H18N2O.C7H4N2O6/c1-11(2)16-8-13(5-6-19-16)15-10-20-17-4-3-12(9-18)7-14(15)17;10-7(11)4-2-1-3-5(8(12)13)6(4)9(14)15/h3-5,7,10-11,16,19H,6,8H2,1-2H3;1-3H,(H,10,11). The molecule has 0 amide bonds. The molecule has 0 bridgehead atoms. The molecular weight excluding hydrogens is 456 g/mol. The molecule has 180 valence electrons. The molecule has 2 heterocycles. The first-order valence-corrected chi connectivity index (χ1v) is 10.6. The molecule has 0 saturated carbocycles. The summed E-state index contributed by atoms with van der Waals surface area (Å²) in [6, 6.07) is 11.2. The SMILES string of the molecule is CC(C)C1CC(c2coc3ccc(C#N)cc23)=CCN1.O=C(O)c1cccc([N+](=O)[O-])c1[N+](=O)[O-]. The highest BCUT2D eigenvalue weighted by Gasteiger charge is 2.31. The van der Waals surface area contributed by atoms with Crippen LogP contribution in [0.3, 0.4) is 0 Å².